The average molecular weight is 525 g/mol. The molecule has 1 heterocycles. The van der Waals surface area contributed by atoms with Crippen molar-refractivity contribution in [1.82, 2.24) is 9.97 Å². The number of hydrogen-bond acceptors (Lipinski definition) is 7. The van der Waals surface area contributed by atoms with Gasteiger partial charge in [0.15, 0.2) is 0 Å². The highest BCUT2D eigenvalue weighted by atomic mass is 35.5. The van der Waals surface area contributed by atoms with Crippen molar-refractivity contribution < 1.29 is 14.3 Å². The number of para-hydroxylation sites is 1. The van der Waals surface area contributed by atoms with Gasteiger partial charge in [-0.25, -0.2) is 19.7 Å². The van der Waals surface area contributed by atoms with Gasteiger partial charge in [0.1, 0.15) is 29.5 Å². The molecule has 0 fully saturated rings. The number of nitrogens with two attached hydrogens (primary N) is 1. The molecule has 3 aromatic carbocycles. The van der Waals surface area contributed by atoms with E-state index in [1.54, 1.807) is 54.6 Å². The molecule has 0 spiro atoms. The first-order valence-electron chi connectivity index (χ1n) is 10.6. The van der Waals surface area contributed by atoms with Crippen molar-refractivity contribution in [2.75, 3.05) is 35.5 Å². The number of hydrogen-bond donors (Lipinski definition) is 3. The molecule has 0 saturated carbocycles. The summed E-state index contributed by atoms with van der Waals surface area (Å²) >= 11 is 12.6. The fourth-order valence-corrected chi connectivity index (χ4v) is 3.83. The number of halogens is 2. The minimum absolute atomic E-state index is 0.257. The molecule has 0 unspecified atom stereocenters. The Balaban J connectivity index is 1.77. The normalized spacial score (nSPS) is 10.4. The van der Waals surface area contributed by atoms with Gasteiger partial charge < -0.3 is 25.8 Å². The Hall–Kier alpha value is -4.21. The second-order valence-corrected chi connectivity index (χ2v) is 8.22. The predicted octanol–water partition coefficient (Wildman–Crippen LogP) is 6.50. The van der Waals surface area contributed by atoms with Gasteiger partial charge in [0.2, 0.25) is 0 Å². The summed E-state index contributed by atoms with van der Waals surface area (Å²) in [5, 5.41) is 6.51. The molecule has 0 saturated heterocycles. The maximum Gasteiger partial charge on any atom is 0.332 e. The average Bonchev–Trinajstić information content (AvgIpc) is 2.88. The first-order valence-corrected chi connectivity index (χ1v) is 11.4. The van der Waals surface area contributed by atoms with E-state index in [9.17, 15) is 4.79 Å². The van der Waals surface area contributed by atoms with E-state index in [4.69, 9.17) is 38.4 Å². The fraction of sp³-hybridized carbons (Fsp3) is 0.0800. The number of carbonyl (C=O) groups is 1. The quantitative estimate of drug-likeness (QED) is 0.236. The number of nitrogens with one attached hydrogen (secondary N) is 2. The Morgan fingerprint density at radius 1 is 0.944 bits per heavy atom. The molecule has 0 aliphatic heterocycles. The fourth-order valence-electron chi connectivity index (χ4n) is 3.34. The van der Waals surface area contributed by atoms with Crippen LogP contribution in [-0.4, -0.2) is 30.2 Å². The number of nitrogens with zero attached hydrogens (tertiary/aromatic N) is 3. The SMILES string of the molecule is COc1ccc(N(C(=O)Nc2c(Cl)cccc2Cl)c2cc(Nc3ccc(N)cc3)ncn2)c(OC)c1. The summed E-state index contributed by atoms with van der Waals surface area (Å²) in [6, 6.07) is 18.2. The first-order chi connectivity index (χ1) is 17.4. The molecule has 0 aliphatic carbocycles. The summed E-state index contributed by atoms with van der Waals surface area (Å²) in [7, 11) is 3.03. The van der Waals surface area contributed by atoms with Crippen molar-refractivity contribution in [3.8, 4) is 11.5 Å². The predicted molar refractivity (Wildman–Crippen MR) is 143 cm³/mol. The van der Waals surface area contributed by atoms with E-state index >= 15 is 0 Å². The number of urea groups is 1. The number of nitrogen functional groups attached to an aromatic ring is 1. The van der Waals surface area contributed by atoms with E-state index in [1.165, 1.54) is 25.4 Å². The Bertz CT molecular complexity index is 1360. The van der Waals surface area contributed by atoms with Crippen LogP contribution in [0.1, 0.15) is 0 Å². The Labute approximate surface area is 217 Å². The molecule has 4 aromatic rings. The maximum absolute atomic E-state index is 13.7. The molecule has 184 valence electrons. The largest absolute Gasteiger partial charge is 0.497 e. The summed E-state index contributed by atoms with van der Waals surface area (Å²) in [6.45, 7) is 0. The zero-order valence-electron chi connectivity index (χ0n) is 19.3. The van der Waals surface area contributed by atoms with Gasteiger partial charge >= 0.3 is 6.03 Å². The van der Waals surface area contributed by atoms with Crippen molar-refractivity contribution in [2.45, 2.75) is 0 Å². The number of amides is 2. The summed E-state index contributed by atoms with van der Waals surface area (Å²) < 4.78 is 10.9. The lowest BCUT2D eigenvalue weighted by Crippen LogP contribution is -2.32. The number of benzene rings is 3. The lowest BCUT2D eigenvalue weighted by Gasteiger charge is -2.25. The topological polar surface area (TPSA) is 115 Å². The molecular formula is C25H22Cl2N6O3. The van der Waals surface area contributed by atoms with E-state index in [0.717, 1.165) is 5.69 Å². The van der Waals surface area contributed by atoms with Crippen LogP contribution >= 0.6 is 23.2 Å². The maximum atomic E-state index is 13.7. The van der Waals surface area contributed by atoms with Crippen LogP contribution in [0.5, 0.6) is 11.5 Å². The molecule has 36 heavy (non-hydrogen) atoms. The van der Waals surface area contributed by atoms with Gasteiger partial charge in [0.05, 0.1) is 35.6 Å². The molecule has 9 nitrogen and oxygen atoms in total. The standard InChI is InChI=1S/C25H22Cl2N6O3/c1-35-17-10-11-20(21(12-17)36-2)33(25(34)32-24-18(26)4-3-5-19(24)27)23-13-22(29-14-30-23)31-16-8-6-15(28)7-9-16/h3-14H,28H2,1-2H3,(H,32,34)(H,29,30,31). The summed E-state index contributed by atoms with van der Waals surface area (Å²) in [6.07, 6.45) is 1.34. The number of carbonyl (C=O) groups excluding carboxylic acids is 1. The van der Waals surface area contributed by atoms with Crippen LogP contribution in [0.15, 0.2) is 73.1 Å². The number of aromatic nitrogens is 2. The number of rotatable bonds is 7. The minimum atomic E-state index is -0.578. The highest BCUT2D eigenvalue weighted by molar-refractivity contribution is 6.40. The van der Waals surface area contributed by atoms with Crippen LogP contribution in [0.4, 0.5) is 39.2 Å². The van der Waals surface area contributed by atoms with Gasteiger partial charge in [-0.1, -0.05) is 29.3 Å². The lowest BCUT2D eigenvalue weighted by atomic mass is 10.2. The van der Waals surface area contributed by atoms with Gasteiger partial charge in [-0.05, 0) is 48.5 Å². The van der Waals surface area contributed by atoms with Gasteiger partial charge in [0, 0.05) is 23.5 Å². The van der Waals surface area contributed by atoms with Crippen LogP contribution in [0.25, 0.3) is 0 Å². The zero-order valence-corrected chi connectivity index (χ0v) is 20.8. The summed E-state index contributed by atoms with van der Waals surface area (Å²) in [5.41, 5.74) is 7.83. The third-order valence-electron chi connectivity index (χ3n) is 5.09. The molecule has 0 atom stereocenters. The highest BCUT2D eigenvalue weighted by Gasteiger charge is 2.25. The van der Waals surface area contributed by atoms with Gasteiger partial charge in [-0.15, -0.1) is 0 Å². The van der Waals surface area contributed by atoms with E-state index in [1.807, 2.05) is 12.1 Å². The number of anilines is 6. The van der Waals surface area contributed by atoms with E-state index in [0.29, 0.717) is 28.7 Å². The van der Waals surface area contributed by atoms with Crippen molar-refractivity contribution in [2.24, 2.45) is 0 Å². The monoisotopic (exact) mass is 524 g/mol. The number of methoxy groups -OCH3 is 2. The van der Waals surface area contributed by atoms with Crippen LogP contribution in [0.2, 0.25) is 10.0 Å². The lowest BCUT2D eigenvalue weighted by molar-refractivity contribution is 0.258. The molecule has 4 N–H and O–H groups in total. The summed E-state index contributed by atoms with van der Waals surface area (Å²) in [5.74, 6) is 1.64. The highest BCUT2D eigenvalue weighted by Crippen LogP contribution is 2.38. The van der Waals surface area contributed by atoms with E-state index < -0.39 is 6.03 Å². The van der Waals surface area contributed by atoms with Crippen molar-refractivity contribution in [3.63, 3.8) is 0 Å². The molecule has 1 aromatic heterocycles. The molecule has 11 heteroatoms. The van der Waals surface area contributed by atoms with E-state index in [2.05, 4.69) is 20.6 Å². The Morgan fingerprint density at radius 3 is 2.33 bits per heavy atom. The molecule has 0 radical (unpaired) electrons. The van der Waals surface area contributed by atoms with Crippen LogP contribution in [0.3, 0.4) is 0 Å². The molecule has 0 bridgehead atoms. The van der Waals surface area contributed by atoms with Gasteiger partial charge in [-0.2, -0.15) is 0 Å². The summed E-state index contributed by atoms with van der Waals surface area (Å²) in [4.78, 5) is 23.6. The molecule has 4 rings (SSSR count). The van der Waals surface area contributed by atoms with Crippen LogP contribution < -0.4 is 30.7 Å². The van der Waals surface area contributed by atoms with Gasteiger partial charge in [-0.3, -0.25) is 0 Å². The molecule has 0 aliphatic rings. The van der Waals surface area contributed by atoms with Gasteiger partial charge in [0.25, 0.3) is 0 Å². The van der Waals surface area contributed by atoms with Crippen molar-refractivity contribution in [3.05, 3.63) is 83.1 Å². The number of ether oxygens (including phenoxy) is 2. The Kier molecular flexibility index (Phi) is 7.62. The second-order valence-electron chi connectivity index (χ2n) is 7.41. The molecular weight excluding hydrogens is 503 g/mol. The molecule has 2 amide bonds. The van der Waals surface area contributed by atoms with Crippen LogP contribution in [0, 0.1) is 0 Å². The van der Waals surface area contributed by atoms with Crippen LogP contribution in [-0.2, 0) is 0 Å². The Morgan fingerprint density at radius 2 is 1.67 bits per heavy atom. The minimum Gasteiger partial charge on any atom is -0.497 e. The zero-order chi connectivity index (χ0) is 25.7. The third kappa shape index (κ3) is 5.54. The second kappa shape index (κ2) is 11.0. The smallest absolute Gasteiger partial charge is 0.332 e. The first kappa shape index (κ1) is 24.9. The van der Waals surface area contributed by atoms with Crippen molar-refractivity contribution >= 4 is 63.6 Å². The third-order valence-corrected chi connectivity index (χ3v) is 5.72. The van der Waals surface area contributed by atoms with Crippen molar-refractivity contribution in [1.29, 1.82) is 0 Å². The van der Waals surface area contributed by atoms with E-state index in [-0.39, 0.29) is 21.6 Å².